The number of methoxy groups -OCH3 is 1. The number of benzene rings is 3. The van der Waals surface area contributed by atoms with Crippen molar-refractivity contribution in [2.75, 3.05) is 18.6 Å². The van der Waals surface area contributed by atoms with Crippen LogP contribution < -0.4 is 15.4 Å². The van der Waals surface area contributed by atoms with Crippen LogP contribution in [0.5, 0.6) is 5.75 Å². The van der Waals surface area contributed by atoms with Crippen molar-refractivity contribution in [3.05, 3.63) is 101 Å². The van der Waals surface area contributed by atoms with E-state index in [4.69, 9.17) is 37.1 Å². The van der Waals surface area contributed by atoms with Gasteiger partial charge in [-0.25, -0.2) is 9.98 Å². The monoisotopic (exact) mass is 569 g/mol. The summed E-state index contributed by atoms with van der Waals surface area (Å²) in [5.41, 5.74) is 9.00. The molecule has 0 spiro atoms. The second-order valence-electron chi connectivity index (χ2n) is 10.6. The SMILES string of the molecule is COc1ccc(C(C)(O)N(c2ccc(N=C3C(c4ccccc4Cl)=Nn4nc(C5CC5)nc43)cc2)C(C)CN)cc1. The maximum atomic E-state index is 11.8. The van der Waals surface area contributed by atoms with Gasteiger partial charge in [0.15, 0.2) is 11.5 Å². The third-order valence-corrected chi connectivity index (χ3v) is 7.90. The number of anilines is 1. The minimum absolute atomic E-state index is 0.155. The molecule has 1 aliphatic carbocycles. The largest absolute Gasteiger partial charge is 0.497 e. The van der Waals surface area contributed by atoms with E-state index in [-0.39, 0.29) is 6.04 Å². The van der Waals surface area contributed by atoms with Gasteiger partial charge in [-0.05, 0) is 69.2 Å². The van der Waals surface area contributed by atoms with E-state index in [2.05, 4.69) is 5.10 Å². The zero-order chi connectivity index (χ0) is 28.7. The van der Waals surface area contributed by atoms with Gasteiger partial charge in [0.2, 0.25) is 5.82 Å². The molecule has 0 bridgehead atoms. The molecule has 2 atom stereocenters. The quantitative estimate of drug-likeness (QED) is 0.267. The lowest BCUT2D eigenvalue weighted by Crippen LogP contribution is -2.51. The van der Waals surface area contributed by atoms with Crippen molar-refractivity contribution in [1.29, 1.82) is 0 Å². The number of hydrogen-bond acceptors (Lipinski definition) is 8. The van der Waals surface area contributed by atoms with Crippen LogP contribution in [0.25, 0.3) is 0 Å². The molecular weight excluding hydrogens is 538 g/mol. The highest BCUT2D eigenvalue weighted by Gasteiger charge is 2.36. The molecule has 1 aromatic heterocycles. The van der Waals surface area contributed by atoms with Gasteiger partial charge in [0.1, 0.15) is 17.2 Å². The molecule has 1 saturated carbocycles. The van der Waals surface area contributed by atoms with E-state index in [1.807, 2.05) is 84.6 Å². The molecule has 0 radical (unpaired) electrons. The summed E-state index contributed by atoms with van der Waals surface area (Å²) in [6.07, 6.45) is 2.19. The molecule has 2 heterocycles. The molecule has 0 amide bonds. The van der Waals surface area contributed by atoms with E-state index in [1.165, 1.54) is 0 Å². The van der Waals surface area contributed by atoms with E-state index < -0.39 is 5.72 Å². The Morgan fingerprint density at radius 2 is 1.83 bits per heavy atom. The predicted molar refractivity (Wildman–Crippen MR) is 162 cm³/mol. The predicted octanol–water partition coefficient (Wildman–Crippen LogP) is 5.22. The number of nitrogens with zero attached hydrogens (tertiary/aromatic N) is 6. The molecule has 41 heavy (non-hydrogen) atoms. The first-order chi connectivity index (χ1) is 19.8. The fourth-order valence-corrected chi connectivity index (χ4v) is 5.37. The van der Waals surface area contributed by atoms with E-state index in [0.29, 0.717) is 40.4 Å². The highest BCUT2D eigenvalue weighted by Crippen LogP contribution is 2.39. The smallest absolute Gasteiger partial charge is 0.204 e. The second-order valence-corrected chi connectivity index (χ2v) is 11.0. The van der Waals surface area contributed by atoms with E-state index in [1.54, 1.807) is 18.8 Å². The zero-order valence-corrected chi connectivity index (χ0v) is 24.0. The van der Waals surface area contributed by atoms with Gasteiger partial charge in [0.05, 0.1) is 17.8 Å². The van der Waals surface area contributed by atoms with E-state index >= 15 is 0 Å². The fraction of sp³-hybridized carbons (Fsp3) is 0.290. The number of fused-ring (bicyclic) bond motifs is 1. The van der Waals surface area contributed by atoms with Crippen LogP contribution in [-0.2, 0) is 5.72 Å². The summed E-state index contributed by atoms with van der Waals surface area (Å²) in [5, 5.41) is 21.7. The van der Waals surface area contributed by atoms with Gasteiger partial charge in [0, 0.05) is 35.3 Å². The van der Waals surface area contributed by atoms with E-state index in [9.17, 15) is 5.11 Å². The van der Waals surface area contributed by atoms with Crippen LogP contribution >= 0.6 is 11.6 Å². The second kappa shape index (κ2) is 10.7. The lowest BCUT2D eigenvalue weighted by atomic mass is 9.99. The zero-order valence-electron chi connectivity index (χ0n) is 23.2. The number of nitrogens with two attached hydrogens (primary N) is 1. The van der Waals surface area contributed by atoms with Crippen LogP contribution in [0.15, 0.2) is 82.9 Å². The molecule has 6 rings (SSSR count). The van der Waals surface area contributed by atoms with Gasteiger partial charge < -0.3 is 20.5 Å². The number of rotatable bonds is 9. The molecule has 1 fully saturated rings. The number of ether oxygens (including phenoxy) is 1. The third kappa shape index (κ3) is 5.12. The summed E-state index contributed by atoms with van der Waals surface area (Å²) >= 11 is 6.55. The first-order valence-electron chi connectivity index (χ1n) is 13.7. The summed E-state index contributed by atoms with van der Waals surface area (Å²) in [6.45, 7) is 4.11. The number of aliphatic hydroxyl groups is 1. The van der Waals surface area contributed by atoms with Crippen molar-refractivity contribution in [1.82, 2.24) is 14.9 Å². The molecular formula is C31H32ClN7O2. The van der Waals surface area contributed by atoms with E-state index in [0.717, 1.165) is 41.2 Å². The number of aromatic nitrogens is 3. The van der Waals surface area contributed by atoms with Crippen LogP contribution in [0.3, 0.4) is 0 Å². The molecule has 4 aromatic rings. The maximum absolute atomic E-state index is 11.8. The molecule has 0 saturated heterocycles. The Morgan fingerprint density at radius 3 is 2.46 bits per heavy atom. The minimum Gasteiger partial charge on any atom is -0.497 e. The van der Waals surface area contributed by atoms with Crippen molar-refractivity contribution < 1.29 is 9.84 Å². The summed E-state index contributed by atoms with van der Waals surface area (Å²) in [6, 6.07) is 22.5. The molecule has 1 aliphatic heterocycles. The van der Waals surface area contributed by atoms with Crippen molar-refractivity contribution in [2.45, 2.75) is 44.4 Å². The van der Waals surface area contributed by atoms with Crippen molar-refractivity contribution in [2.24, 2.45) is 15.8 Å². The van der Waals surface area contributed by atoms with Crippen molar-refractivity contribution >= 4 is 34.4 Å². The first kappa shape index (κ1) is 27.1. The Kier molecular flexibility index (Phi) is 7.11. The molecule has 3 aromatic carbocycles. The first-order valence-corrected chi connectivity index (χ1v) is 14.0. The molecule has 2 unspecified atom stereocenters. The average Bonchev–Trinajstić information content (AvgIpc) is 3.67. The Morgan fingerprint density at radius 1 is 1.12 bits per heavy atom. The Balaban J connectivity index is 1.36. The topological polar surface area (TPSA) is 114 Å². The summed E-state index contributed by atoms with van der Waals surface area (Å²) in [5.74, 6) is 2.52. The Labute approximate surface area is 244 Å². The van der Waals surface area contributed by atoms with Crippen molar-refractivity contribution in [3.63, 3.8) is 0 Å². The highest BCUT2D eigenvalue weighted by atomic mass is 35.5. The maximum Gasteiger partial charge on any atom is 0.204 e. The standard InChI is InChI=1S/C31H32ClN7O2/c1-19(18-33)38(31(2,40)21-10-16-24(41-3)17-11-21)23-14-12-22(13-15-23)34-28-27(25-6-4-5-7-26(25)32)36-39-30(28)35-29(37-39)20-8-9-20/h4-7,10-17,19-20,40H,8-9,18,33H2,1-3H3. The van der Waals surface area contributed by atoms with Gasteiger partial charge in [0.25, 0.3) is 0 Å². The summed E-state index contributed by atoms with van der Waals surface area (Å²) < 4.78 is 5.29. The summed E-state index contributed by atoms with van der Waals surface area (Å²) in [4.78, 5) is 13.3. The van der Waals surface area contributed by atoms with Crippen LogP contribution in [0.1, 0.15) is 55.4 Å². The molecule has 3 N–H and O–H groups in total. The van der Waals surface area contributed by atoms with Crippen LogP contribution in [0.4, 0.5) is 11.4 Å². The minimum atomic E-state index is -1.33. The number of aliphatic imine (C=N–C) groups is 1. The molecule has 10 heteroatoms. The van der Waals surface area contributed by atoms with Gasteiger partial charge in [-0.15, -0.1) is 15.0 Å². The lowest BCUT2D eigenvalue weighted by Gasteiger charge is -2.43. The van der Waals surface area contributed by atoms with Crippen LogP contribution in [0, 0.1) is 0 Å². The molecule has 9 nitrogen and oxygen atoms in total. The highest BCUT2D eigenvalue weighted by molar-refractivity contribution is 6.56. The van der Waals surface area contributed by atoms with Gasteiger partial charge in [-0.3, -0.25) is 0 Å². The number of hydrogen-bond donors (Lipinski definition) is 2. The van der Waals surface area contributed by atoms with Crippen molar-refractivity contribution in [3.8, 4) is 5.75 Å². The lowest BCUT2D eigenvalue weighted by molar-refractivity contribution is 0.0454. The third-order valence-electron chi connectivity index (χ3n) is 7.57. The van der Waals surface area contributed by atoms with Gasteiger partial charge in [-0.2, -0.15) is 0 Å². The summed E-state index contributed by atoms with van der Waals surface area (Å²) in [7, 11) is 1.62. The number of halogens is 1. The normalized spacial score (nSPS) is 17.6. The molecule has 2 aliphatic rings. The van der Waals surface area contributed by atoms with Crippen LogP contribution in [-0.4, -0.2) is 51.1 Å². The Hall–Kier alpha value is -4.05. The van der Waals surface area contributed by atoms with Gasteiger partial charge >= 0.3 is 0 Å². The van der Waals surface area contributed by atoms with Crippen LogP contribution in [0.2, 0.25) is 5.02 Å². The Bertz CT molecular complexity index is 1620. The molecule has 210 valence electrons. The average molecular weight is 570 g/mol. The van der Waals surface area contributed by atoms with Gasteiger partial charge in [-0.1, -0.05) is 41.9 Å². The fourth-order valence-electron chi connectivity index (χ4n) is 5.14.